The molecule has 0 fully saturated rings. The number of rotatable bonds is 3. The third kappa shape index (κ3) is 2.07. The molecule has 1 aliphatic carbocycles. The van der Waals surface area contributed by atoms with Gasteiger partial charge in [-0.3, -0.25) is 0 Å². The van der Waals surface area contributed by atoms with E-state index in [2.05, 4.69) is 29.7 Å². The monoisotopic (exact) mass is 207 g/mol. The second-order valence-electron chi connectivity index (χ2n) is 4.17. The van der Waals surface area contributed by atoms with E-state index < -0.39 is 0 Å². The Morgan fingerprint density at radius 2 is 2.36 bits per heavy atom. The summed E-state index contributed by atoms with van der Waals surface area (Å²) in [7, 11) is 0. The highest BCUT2D eigenvalue weighted by molar-refractivity contribution is 7.09. The van der Waals surface area contributed by atoms with Crippen molar-refractivity contribution in [2.24, 2.45) is 11.1 Å². The van der Waals surface area contributed by atoms with E-state index in [1.165, 1.54) is 17.7 Å². The molecule has 14 heavy (non-hydrogen) atoms. The minimum absolute atomic E-state index is 0.347. The van der Waals surface area contributed by atoms with E-state index >= 15 is 0 Å². The lowest BCUT2D eigenvalue weighted by atomic mass is 9.74. The van der Waals surface area contributed by atoms with Gasteiger partial charge in [-0.15, -0.1) is 11.3 Å². The standard InChI is InChI=1S/C12H17NS/c13-10-12(6-2-1-3-7-12)9-11-5-4-8-14-11/h1-2,4-5,8H,3,6-7,9-10,13H2. The van der Waals surface area contributed by atoms with Gasteiger partial charge in [-0.1, -0.05) is 18.2 Å². The summed E-state index contributed by atoms with van der Waals surface area (Å²) >= 11 is 1.85. The second kappa shape index (κ2) is 4.28. The van der Waals surface area contributed by atoms with Crippen molar-refractivity contribution in [1.82, 2.24) is 0 Å². The summed E-state index contributed by atoms with van der Waals surface area (Å²) < 4.78 is 0. The van der Waals surface area contributed by atoms with Gasteiger partial charge < -0.3 is 5.73 Å². The van der Waals surface area contributed by atoms with Gasteiger partial charge in [-0.05, 0) is 49.1 Å². The smallest absolute Gasteiger partial charge is 0.00513 e. The van der Waals surface area contributed by atoms with Crippen molar-refractivity contribution < 1.29 is 0 Å². The molecule has 0 saturated carbocycles. The highest BCUT2D eigenvalue weighted by Gasteiger charge is 2.28. The maximum absolute atomic E-state index is 5.93. The molecule has 2 rings (SSSR count). The zero-order chi connectivity index (χ0) is 9.86. The molecular formula is C12H17NS. The minimum Gasteiger partial charge on any atom is -0.330 e. The summed E-state index contributed by atoms with van der Waals surface area (Å²) in [6.07, 6.45) is 9.33. The van der Waals surface area contributed by atoms with Crippen molar-refractivity contribution >= 4 is 11.3 Å². The van der Waals surface area contributed by atoms with Crippen LogP contribution < -0.4 is 5.73 Å². The van der Waals surface area contributed by atoms with Crippen molar-refractivity contribution in [1.29, 1.82) is 0 Å². The van der Waals surface area contributed by atoms with E-state index in [9.17, 15) is 0 Å². The molecule has 1 unspecified atom stereocenters. The Balaban J connectivity index is 2.09. The maximum atomic E-state index is 5.93. The largest absolute Gasteiger partial charge is 0.330 e. The first-order chi connectivity index (χ1) is 6.85. The fourth-order valence-corrected chi connectivity index (χ4v) is 3.02. The Hall–Kier alpha value is -0.600. The zero-order valence-electron chi connectivity index (χ0n) is 8.41. The van der Waals surface area contributed by atoms with Gasteiger partial charge in [0.1, 0.15) is 0 Å². The summed E-state index contributed by atoms with van der Waals surface area (Å²) in [6.45, 7) is 0.815. The molecule has 76 valence electrons. The number of hydrogen-bond donors (Lipinski definition) is 1. The molecular weight excluding hydrogens is 190 g/mol. The van der Waals surface area contributed by atoms with Gasteiger partial charge >= 0.3 is 0 Å². The van der Waals surface area contributed by atoms with Gasteiger partial charge in [-0.2, -0.15) is 0 Å². The van der Waals surface area contributed by atoms with Crippen LogP contribution in [0.4, 0.5) is 0 Å². The molecule has 0 spiro atoms. The van der Waals surface area contributed by atoms with E-state index in [0.717, 1.165) is 19.4 Å². The van der Waals surface area contributed by atoms with Crippen LogP contribution >= 0.6 is 11.3 Å². The number of hydrogen-bond acceptors (Lipinski definition) is 2. The lowest BCUT2D eigenvalue weighted by molar-refractivity contribution is 0.268. The molecule has 1 aliphatic rings. The lowest BCUT2D eigenvalue weighted by Crippen LogP contribution is -2.33. The molecule has 1 aromatic rings. The van der Waals surface area contributed by atoms with Crippen molar-refractivity contribution in [3.63, 3.8) is 0 Å². The first kappa shape index (κ1) is 9.94. The van der Waals surface area contributed by atoms with Crippen LogP contribution in [0.3, 0.4) is 0 Å². The molecule has 1 heterocycles. The van der Waals surface area contributed by atoms with Crippen molar-refractivity contribution in [3.05, 3.63) is 34.5 Å². The number of nitrogens with two attached hydrogens (primary N) is 1. The van der Waals surface area contributed by atoms with Gasteiger partial charge in [0.25, 0.3) is 0 Å². The molecule has 2 heteroatoms. The third-order valence-corrected chi connectivity index (χ3v) is 4.00. The Bertz CT molecular complexity index is 302. The van der Waals surface area contributed by atoms with Crippen molar-refractivity contribution in [2.45, 2.75) is 25.7 Å². The van der Waals surface area contributed by atoms with Crippen molar-refractivity contribution in [3.8, 4) is 0 Å². The van der Waals surface area contributed by atoms with Crippen LogP contribution in [0.25, 0.3) is 0 Å². The molecule has 1 nitrogen and oxygen atoms in total. The fraction of sp³-hybridized carbons (Fsp3) is 0.500. The highest BCUT2D eigenvalue weighted by Crippen LogP contribution is 2.36. The summed E-state index contributed by atoms with van der Waals surface area (Å²) in [5, 5.41) is 2.15. The molecule has 1 atom stereocenters. The van der Waals surface area contributed by atoms with Gasteiger partial charge in [-0.25, -0.2) is 0 Å². The molecule has 0 radical (unpaired) electrons. The molecule has 0 aliphatic heterocycles. The van der Waals surface area contributed by atoms with Crippen molar-refractivity contribution in [2.75, 3.05) is 6.54 Å². The van der Waals surface area contributed by atoms with Gasteiger partial charge in [0, 0.05) is 4.88 Å². The minimum atomic E-state index is 0.347. The lowest BCUT2D eigenvalue weighted by Gasteiger charge is -2.33. The number of allylic oxidation sites excluding steroid dienone is 2. The summed E-state index contributed by atoms with van der Waals surface area (Å²) in [5.41, 5.74) is 6.27. The third-order valence-electron chi connectivity index (χ3n) is 3.12. The zero-order valence-corrected chi connectivity index (χ0v) is 9.22. The molecule has 0 aromatic carbocycles. The van der Waals surface area contributed by atoms with E-state index in [1.54, 1.807) is 0 Å². The Morgan fingerprint density at radius 3 is 2.93 bits per heavy atom. The van der Waals surface area contributed by atoms with Crippen LogP contribution in [-0.4, -0.2) is 6.54 Å². The number of thiophene rings is 1. The predicted octanol–water partition coefficient (Wildman–Crippen LogP) is 2.98. The highest BCUT2D eigenvalue weighted by atomic mass is 32.1. The first-order valence-electron chi connectivity index (χ1n) is 5.22. The maximum Gasteiger partial charge on any atom is 0.00513 e. The Kier molecular flexibility index (Phi) is 3.04. The summed E-state index contributed by atoms with van der Waals surface area (Å²) in [4.78, 5) is 1.48. The average Bonchev–Trinajstić information content (AvgIpc) is 2.72. The van der Waals surface area contributed by atoms with Crippen LogP contribution in [0.1, 0.15) is 24.1 Å². The van der Waals surface area contributed by atoms with Gasteiger partial charge in [0.15, 0.2) is 0 Å². The fourth-order valence-electron chi connectivity index (χ4n) is 2.14. The van der Waals surface area contributed by atoms with E-state index in [1.807, 2.05) is 11.3 Å². The molecule has 0 saturated heterocycles. The first-order valence-corrected chi connectivity index (χ1v) is 6.10. The van der Waals surface area contributed by atoms with Crippen LogP contribution in [0.15, 0.2) is 29.7 Å². The quantitative estimate of drug-likeness (QED) is 0.758. The van der Waals surface area contributed by atoms with Crippen LogP contribution in [0, 0.1) is 5.41 Å². The molecule has 2 N–H and O–H groups in total. The van der Waals surface area contributed by atoms with E-state index in [4.69, 9.17) is 5.73 Å². The van der Waals surface area contributed by atoms with Crippen LogP contribution in [0.2, 0.25) is 0 Å². The van der Waals surface area contributed by atoms with Crippen LogP contribution in [-0.2, 0) is 6.42 Å². The van der Waals surface area contributed by atoms with Gasteiger partial charge in [0.05, 0.1) is 0 Å². The average molecular weight is 207 g/mol. The predicted molar refractivity (Wildman–Crippen MR) is 62.5 cm³/mol. The van der Waals surface area contributed by atoms with E-state index in [0.29, 0.717) is 5.41 Å². The van der Waals surface area contributed by atoms with Crippen LogP contribution in [0.5, 0.6) is 0 Å². The SMILES string of the molecule is NCC1(Cc2cccs2)CC=CCC1. The molecule has 1 aromatic heterocycles. The topological polar surface area (TPSA) is 26.0 Å². The Morgan fingerprint density at radius 1 is 1.43 bits per heavy atom. The summed E-state index contributed by atoms with van der Waals surface area (Å²) in [6, 6.07) is 4.35. The Labute approximate surface area is 89.6 Å². The second-order valence-corrected chi connectivity index (χ2v) is 5.21. The molecule has 0 amide bonds. The van der Waals surface area contributed by atoms with Gasteiger partial charge in [0.2, 0.25) is 0 Å². The normalized spacial score (nSPS) is 26.6. The van der Waals surface area contributed by atoms with E-state index in [-0.39, 0.29) is 0 Å². The summed E-state index contributed by atoms with van der Waals surface area (Å²) in [5.74, 6) is 0. The molecule has 0 bridgehead atoms.